The molecule has 0 aliphatic carbocycles. The minimum Gasteiger partial charge on any atom is -0.369 e. The zero-order valence-electron chi connectivity index (χ0n) is 12.2. The molecule has 1 aromatic carbocycles. The highest BCUT2D eigenvalue weighted by Crippen LogP contribution is 2.35. The fraction of sp³-hybridized carbons (Fsp3) is 0.267. The van der Waals surface area contributed by atoms with Crippen LogP contribution in [0.3, 0.4) is 0 Å². The zero-order valence-corrected chi connectivity index (χ0v) is 13.0. The van der Waals surface area contributed by atoms with Crippen LogP contribution >= 0.6 is 11.6 Å². The standard InChI is InChI=1S/C15H15ClFN5/c1-9(2)7-18-14-12(10-5-3-4-6-11(10)17)13(16)21-15-19-8-20-22(14)15/h3-6,8-9,18H,7H2,1-2H3. The number of nitrogens with zero attached hydrogens (tertiary/aromatic N) is 4. The number of rotatable bonds is 4. The number of fused-ring (bicyclic) bond motifs is 1. The molecule has 3 aromatic rings. The van der Waals surface area contributed by atoms with E-state index in [1.54, 1.807) is 18.2 Å². The number of benzene rings is 1. The smallest absolute Gasteiger partial charge is 0.255 e. The number of anilines is 1. The van der Waals surface area contributed by atoms with Crippen molar-refractivity contribution in [2.24, 2.45) is 5.92 Å². The number of aromatic nitrogens is 4. The third kappa shape index (κ3) is 2.62. The minimum atomic E-state index is -0.363. The number of nitrogens with one attached hydrogen (secondary N) is 1. The fourth-order valence-electron chi connectivity index (χ4n) is 2.18. The molecule has 114 valence electrons. The summed E-state index contributed by atoms with van der Waals surface area (Å²) in [4.78, 5) is 8.24. The van der Waals surface area contributed by atoms with Gasteiger partial charge in [-0.2, -0.15) is 19.6 Å². The van der Waals surface area contributed by atoms with Gasteiger partial charge in [0.15, 0.2) is 0 Å². The van der Waals surface area contributed by atoms with Crippen LogP contribution in [0.5, 0.6) is 0 Å². The van der Waals surface area contributed by atoms with E-state index in [0.717, 1.165) is 0 Å². The Hall–Kier alpha value is -2.21. The first-order chi connectivity index (χ1) is 10.6. The van der Waals surface area contributed by atoms with Gasteiger partial charge in [-0.25, -0.2) is 4.39 Å². The van der Waals surface area contributed by atoms with Crippen molar-refractivity contribution in [1.82, 2.24) is 19.6 Å². The van der Waals surface area contributed by atoms with Crippen LogP contribution in [0.4, 0.5) is 10.2 Å². The van der Waals surface area contributed by atoms with Crippen molar-refractivity contribution in [2.75, 3.05) is 11.9 Å². The highest BCUT2D eigenvalue weighted by molar-refractivity contribution is 6.33. The molecule has 7 heteroatoms. The third-order valence-electron chi connectivity index (χ3n) is 3.20. The van der Waals surface area contributed by atoms with Crippen molar-refractivity contribution in [3.63, 3.8) is 0 Å². The van der Waals surface area contributed by atoms with E-state index in [9.17, 15) is 4.39 Å². The van der Waals surface area contributed by atoms with Crippen molar-refractivity contribution in [2.45, 2.75) is 13.8 Å². The highest BCUT2D eigenvalue weighted by Gasteiger charge is 2.19. The van der Waals surface area contributed by atoms with Gasteiger partial charge in [0.25, 0.3) is 5.78 Å². The van der Waals surface area contributed by atoms with E-state index in [1.807, 2.05) is 0 Å². The van der Waals surface area contributed by atoms with Gasteiger partial charge in [0.2, 0.25) is 0 Å². The molecule has 0 atom stereocenters. The van der Waals surface area contributed by atoms with Gasteiger partial charge in [-0.15, -0.1) is 0 Å². The van der Waals surface area contributed by atoms with Gasteiger partial charge < -0.3 is 5.32 Å². The summed E-state index contributed by atoms with van der Waals surface area (Å²) in [5.41, 5.74) is 0.863. The summed E-state index contributed by atoms with van der Waals surface area (Å²) in [6.07, 6.45) is 1.39. The predicted octanol–water partition coefficient (Wildman–Crippen LogP) is 3.65. The summed E-state index contributed by atoms with van der Waals surface area (Å²) in [6, 6.07) is 6.45. The van der Waals surface area contributed by atoms with Crippen molar-refractivity contribution < 1.29 is 4.39 Å². The average molecular weight is 320 g/mol. The molecule has 0 spiro atoms. The number of hydrogen-bond acceptors (Lipinski definition) is 4. The Balaban J connectivity index is 2.25. The summed E-state index contributed by atoms with van der Waals surface area (Å²) < 4.78 is 15.7. The molecular weight excluding hydrogens is 305 g/mol. The fourth-order valence-corrected chi connectivity index (χ4v) is 2.45. The monoisotopic (exact) mass is 319 g/mol. The molecular formula is C15H15ClFN5. The van der Waals surface area contributed by atoms with Crippen LogP contribution in [0.2, 0.25) is 5.15 Å². The van der Waals surface area contributed by atoms with Crippen molar-refractivity contribution >= 4 is 23.2 Å². The predicted molar refractivity (Wildman–Crippen MR) is 84.5 cm³/mol. The second-order valence-electron chi connectivity index (χ2n) is 5.35. The lowest BCUT2D eigenvalue weighted by atomic mass is 10.1. The van der Waals surface area contributed by atoms with Crippen LogP contribution in [0, 0.1) is 11.7 Å². The molecule has 0 amide bonds. The van der Waals surface area contributed by atoms with E-state index < -0.39 is 0 Å². The maximum atomic E-state index is 14.2. The molecule has 0 fully saturated rings. The van der Waals surface area contributed by atoms with Gasteiger partial charge in [-0.05, 0) is 12.0 Å². The first kappa shape index (κ1) is 14.7. The SMILES string of the molecule is CC(C)CNc1c(-c2ccccc2F)c(Cl)nc2ncnn12. The Kier molecular flexibility index (Phi) is 3.94. The summed E-state index contributed by atoms with van der Waals surface area (Å²) >= 11 is 6.29. The molecule has 0 aliphatic rings. The summed E-state index contributed by atoms with van der Waals surface area (Å²) in [5.74, 6) is 1.000. The first-order valence-electron chi connectivity index (χ1n) is 6.96. The highest BCUT2D eigenvalue weighted by atomic mass is 35.5. The van der Waals surface area contributed by atoms with E-state index in [2.05, 4.69) is 34.2 Å². The molecule has 1 N–H and O–H groups in total. The normalized spacial score (nSPS) is 11.3. The molecule has 22 heavy (non-hydrogen) atoms. The zero-order chi connectivity index (χ0) is 15.7. The first-order valence-corrected chi connectivity index (χ1v) is 7.33. The summed E-state index contributed by atoms with van der Waals surface area (Å²) in [7, 11) is 0. The maximum Gasteiger partial charge on any atom is 0.255 e. The van der Waals surface area contributed by atoms with Crippen LogP contribution in [-0.4, -0.2) is 26.1 Å². The lowest BCUT2D eigenvalue weighted by Gasteiger charge is -2.16. The molecule has 0 saturated carbocycles. The van der Waals surface area contributed by atoms with E-state index in [-0.39, 0.29) is 11.0 Å². The lowest BCUT2D eigenvalue weighted by Crippen LogP contribution is -2.14. The Morgan fingerprint density at radius 3 is 2.82 bits per heavy atom. The second kappa shape index (κ2) is 5.88. The van der Waals surface area contributed by atoms with E-state index in [0.29, 0.717) is 35.2 Å². The molecule has 0 bridgehead atoms. The number of hydrogen-bond donors (Lipinski definition) is 1. The summed E-state index contributed by atoms with van der Waals surface area (Å²) in [6.45, 7) is 4.85. The van der Waals surface area contributed by atoms with Crippen LogP contribution in [0.25, 0.3) is 16.9 Å². The molecule has 0 radical (unpaired) electrons. The molecule has 3 rings (SSSR count). The van der Waals surface area contributed by atoms with Crippen LogP contribution < -0.4 is 5.32 Å². The van der Waals surface area contributed by atoms with Gasteiger partial charge in [0.1, 0.15) is 23.1 Å². The summed E-state index contributed by atoms with van der Waals surface area (Å²) in [5, 5.41) is 7.62. The second-order valence-corrected chi connectivity index (χ2v) is 5.71. The number of halogens is 2. The molecule has 0 unspecified atom stereocenters. The van der Waals surface area contributed by atoms with E-state index in [4.69, 9.17) is 11.6 Å². The van der Waals surface area contributed by atoms with E-state index in [1.165, 1.54) is 16.9 Å². The Bertz CT molecular complexity index is 815. The average Bonchev–Trinajstić information content (AvgIpc) is 2.93. The Morgan fingerprint density at radius 2 is 2.09 bits per heavy atom. The van der Waals surface area contributed by atoms with Gasteiger partial charge in [0.05, 0.1) is 5.56 Å². The largest absolute Gasteiger partial charge is 0.369 e. The van der Waals surface area contributed by atoms with Gasteiger partial charge >= 0.3 is 0 Å². The van der Waals surface area contributed by atoms with Gasteiger partial charge in [0, 0.05) is 12.1 Å². The minimum absolute atomic E-state index is 0.192. The van der Waals surface area contributed by atoms with Gasteiger partial charge in [-0.3, -0.25) is 0 Å². The molecule has 2 aromatic heterocycles. The van der Waals surface area contributed by atoms with E-state index >= 15 is 0 Å². The molecule has 0 saturated heterocycles. The molecule has 5 nitrogen and oxygen atoms in total. The van der Waals surface area contributed by atoms with Crippen LogP contribution in [0.1, 0.15) is 13.8 Å². The van der Waals surface area contributed by atoms with Crippen molar-refractivity contribution in [3.05, 3.63) is 41.6 Å². The quantitative estimate of drug-likeness (QED) is 0.746. The Morgan fingerprint density at radius 1 is 1.32 bits per heavy atom. The van der Waals surface area contributed by atoms with Crippen molar-refractivity contribution in [1.29, 1.82) is 0 Å². The molecule has 0 aliphatic heterocycles. The van der Waals surface area contributed by atoms with Crippen LogP contribution in [0.15, 0.2) is 30.6 Å². The Labute approximate surface area is 132 Å². The lowest BCUT2D eigenvalue weighted by molar-refractivity contribution is 0.631. The molecule has 2 heterocycles. The van der Waals surface area contributed by atoms with Crippen molar-refractivity contribution in [3.8, 4) is 11.1 Å². The maximum absolute atomic E-state index is 14.2. The third-order valence-corrected chi connectivity index (χ3v) is 3.48. The topological polar surface area (TPSA) is 55.1 Å². The van der Waals surface area contributed by atoms with Crippen LogP contribution in [-0.2, 0) is 0 Å². The van der Waals surface area contributed by atoms with Gasteiger partial charge in [-0.1, -0.05) is 43.6 Å².